The predicted molar refractivity (Wildman–Crippen MR) is 116 cm³/mol. The molecule has 0 bridgehead atoms. The standard InChI is InChI=1S/C26H42O3/c1-16(6-7-17(2)29-5)20-8-9-21-24-22(11-13-26(20,21)4)25(3)12-10-19(27)14-18(25)15-23(24)28/h16,18-22,24,27H,2,6-15H2,1,3-5H3/t16?,18-,19+,20?,21?,22?,24?,25-,26+/m0/s1. The number of aliphatic hydroxyl groups is 1. The van der Waals surface area contributed by atoms with Gasteiger partial charge >= 0.3 is 0 Å². The number of carbonyl (C=O) groups is 1. The van der Waals surface area contributed by atoms with E-state index in [9.17, 15) is 9.90 Å². The molecule has 4 saturated carbocycles. The highest BCUT2D eigenvalue weighted by Gasteiger charge is 2.62. The van der Waals surface area contributed by atoms with Gasteiger partial charge < -0.3 is 9.84 Å². The van der Waals surface area contributed by atoms with Gasteiger partial charge in [0.05, 0.1) is 19.0 Å². The molecule has 0 saturated heterocycles. The Labute approximate surface area is 177 Å². The van der Waals surface area contributed by atoms with Crippen molar-refractivity contribution in [3.8, 4) is 0 Å². The fourth-order valence-corrected chi connectivity index (χ4v) is 8.58. The molecular formula is C26H42O3. The first-order chi connectivity index (χ1) is 13.7. The number of hydrogen-bond donors (Lipinski definition) is 1. The van der Waals surface area contributed by atoms with E-state index in [-0.39, 0.29) is 17.4 Å². The molecule has 4 fully saturated rings. The van der Waals surface area contributed by atoms with Crippen LogP contribution >= 0.6 is 0 Å². The lowest BCUT2D eigenvalue weighted by Crippen LogP contribution is -2.57. The van der Waals surface area contributed by atoms with Crippen molar-refractivity contribution in [1.29, 1.82) is 0 Å². The minimum absolute atomic E-state index is 0.190. The Bertz CT molecular complexity index is 656. The third-order valence-electron chi connectivity index (χ3n) is 10.4. The Morgan fingerprint density at radius 3 is 2.59 bits per heavy atom. The van der Waals surface area contributed by atoms with E-state index in [2.05, 4.69) is 27.4 Å². The first-order valence-electron chi connectivity index (χ1n) is 12.1. The maximum atomic E-state index is 13.4. The van der Waals surface area contributed by atoms with Gasteiger partial charge in [-0.3, -0.25) is 4.79 Å². The third kappa shape index (κ3) is 3.40. The molecule has 0 aliphatic heterocycles. The molecule has 5 unspecified atom stereocenters. The molecule has 1 N–H and O–H groups in total. The van der Waals surface area contributed by atoms with Crippen LogP contribution in [0.5, 0.6) is 0 Å². The van der Waals surface area contributed by atoms with E-state index in [1.165, 1.54) is 25.7 Å². The Morgan fingerprint density at radius 1 is 1.17 bits per heavy atom. The molecule has 4 rings (SSSR count). The first kappa shape index (κ1) is 21.4. The van der Waals surface area contributed by atoms with Gasteiger partial charge in [0.2, 0.25) is 0 Å². The van der Waals surface area contributed by atoms with Gasteiger partial charge in [-0.1, -0.05) is 27.4 Å². The number of fused-ring (bicyclic) bond motifs is 5. The number of Topliss-reactive ketones (excluding diaryl/α,β-unsaturated/α-hetero) is 1. The first-order valence-corrected chi connectivity index (χ1v) is 12.1. The third-order valence-corrected chi connectivity index (χ3v) is 10.4. The lowest BCUT2D eigenvalue weighted by Gasteiger charge is -2.60. The van der Waals surface area contributed by atoms with Crippen molar-refractivity contribution in [2.75, 3.05) is 7.11 Å². The van der Waals surface area contributed by atoms with E-state index < -0.39 is 0 Å². The molecule has 0 aromatic rings. The minimum atomic E-state index is -0.190. The zero-order valence-corrected chi connectivity index (χ0v) is 19.1. The van der Waals surface area contributed by atoms with Crippen LogP contribution < -0.4 is 0 Å². The molecule has 4 aliphatic carbocycles. The molecule has 0 amide bonds. The smallest absolute Gasteiger partial charge is 0.136 e. The number of methoxy groups -OCH3 is 1. The van der Waals surface area contributed by atoms with Crippen molar-refractivity contribution in [3.05, 3.63) is 12.3 Å². The quantitative estimate of drug-likeness (QED) is 0.595. The van der Waals surface area contributed by atoms with Crippen LogP contribution in [0, 0.1) is 46.3 Å². The second-order valence-electron chi connectivity index (χ2n) is 11.5. The van der Waals surface area contributed by atoms with Crippen molar-refractivity contribution in [1.82, 2.24) is 0 Å². The summed E-state index contributed by atoms with van der Waals surface area (Å²) < 4.78 is 5.29. The lowest BCUT2D eigenvalue weighted by atomic mass is 9.44. The molecule has 0 spiro atoms. The summed E-state index contributed by atoms with van der Waals surface area (Å²) >= 11 is 0. The van der Waals surface area contributed by atoms with Gasteiger partial charge in [-0.2, -0.15) is 0 Å². The van der Waals surface area contributed by atoms with Crippen LogP contribution in [0.25, 0.3) is 0 Å². The zero-order chi connectivity index (χ0) is 21.0. The maximum absolute atomic E-state index is 13.4. The van der Waals surface area contributed by atoms with Gasteiger partial charge in [-0.25, -0.2) is 0 Å². The van der Waals surface area contributed by atoms with Crippen LogP contribution in [-0.4, -0.2) is 24.1 Å². The topological polar surface area (TPSA) is 46.5 Å². The average Bonchev–Trinajstić information content (AvgIpc) is 3.04. The van der Waals surface area contributed by atoms with Crippen molar-refractivity contribution >= 4 is 5.78 Å². The number of carbonyl (C=O) groups excluding carboxylic acids is 1. The lowest BCUT2D eigenvalue weighted by molar-refractivity contribution is -0.160. The summed E-state index contributed by atoms with van der Waals surface area (Å²) in [6, 6.07) is 0. The van der Waals surface area contributed by atoms with Gasteiger partial charge in [0, 0.05) is 18.8 Å². The molecular weight excluding hydrogens is 360 g/mol. The second-order valence-corrected chi connectivity index (χ2v) is 11.5. The van der Waals surface area contributed by atoms with Gasteiger partial charge in [0.1, 0.15) is 5.78 Å². The molecule has 4 aliphatic rings. The number of rotatable bonds is 5. The number of ether oxygens (including phenoxy) is 1. The van der Waals surface area contributed by atoms with E-state index in [4.69, 9.17) is 4.74 Å². The molecule has 0 radical (unpaired) electrons. The fourth-order valence-electron chi connectivity index (χ4n) is 8.58. The monoisotopic (exact) mass is 402 g/mol. The Morgan fingerprint density at radius 2 is 1.86 bits per heavy atom. The predicted octanol–water partition coefficient (Wildman–Crippen LogP) is 5.76. The number of hydrogen-bond acceptors (Lipinski definition) is 3. The minimum Gasteiger partial charge on any atom is -0.502 e. The number of allylic oxidation sites excluding steroid dienone is 1. The summed E-state index contributed by atoms with van der Waals surface area (Å²) in [5, 5.41) is 10.2. The maximum Gasteiger partial charge on any atom is 0.136 e. The van der Waals surface area contributed by atoms with Crippen molar-refractivity contribution in [3.63, 3.8) is 0 Å². The van der Waals surface area contributed by atoms with E-state index in [0.29, 0.717) is 40.8 Å². The van der Waals surface area contributed by atoms with Gasteiger partial charge in [0.15, 0.2) is 0 Å². The molecule has 9 atom stereocenters. The van der Waals surface area contributed by atoms with Crippen LogP contribution in [0.3, 0.4) is 0 Å². The Balaban J connectivity index is 1.53. The van der Waals surface area contributed by atoms with Gasteiger partial charge in [-0.05, 0) is 91.8 Å². The Kier molecular flexibility index (Phi) is 5.68. The van der Waals surface area contributed by atoms with Crippen molar-refractivity contribution < 1.29 is 14.6 Å². The average molecular weight is 403 g/mol. The fraction of sp³-hybridized carbons (Fsp3) is 0.885. The van der Waals surface area contributed by atoms with E-state index in [0.717, 1.165) is 44.3 Å². The molecule has 3 heteroatoms. The van der Waals surface area contributed by atoms with E-state index in [1.54, 1.807) is 7.11 Å². The highest BCUT2D eigenvalue weighted by Crippen LogP contribution is 2.67. The summed E-state index contributed by atoms with van der Waals surface area (Å²) in [5.41, 5.74) is 0.571. The summed E-state index contributed by atoms with van der Waals surface area (Å²) in [4.78, 5) is 13.4. The van der Waals surface area contributed by atoms with Crippen LogP contribution in [0.4, 0.5) is 0 Å². The molecule has 0 aromatic carbocycles. The Hall–Kier alpha value is -0.830. The molecule has 164 valence electrons. The van der Waals surface area contributed by atoms with E-state index >= 15 is 0 Å². The van der Waals surface area contributed by atoms with E-state index in [1.807, 2.05) is 0 Å². The summed E-state index contributed by atoms with van der Waals surface area (Å²) in [7, 11) is 1.72. The normalized spacial score (nSPS) is 47.7. The van der Waals surface area contributed by atoms with Crippen LogP contribution in [-0.2, 0) is 9.53 Å². The summed E-state index contributed by atoms with van der Waals surface area (Å²) in [6.45, 7) is 11.4. The van der Waals surface area contributed by atoms with Crippen molar-refractivity contribution in [2.24, 2.45) is 46.3 Å². The number of ketones is 1. The molecule has 3 nitrogen and oxygen atoms in total. The molecule has 0 aromatic heterocycles. The van der Waals surface area contributed by atoms with Crippen molar-refractivity contribution in [2.45, 2.75) is 91.1 Å². The zero-order valence-electron chi connectivity index (χ0n) is 19.1. The molecule has 0 heterocycles. The SMILES string of the molecule is C=C(CCC(C)C1CCC2C3C(=O)C[C@@H]4C[C@H](O)CC[C@]4(C)C3CC[C@]12C)OC. The molecule has 29 heavy (non-hydrogen) atoms. The van der Waals surface area contributed by atoms with Gasteiger partial charge in [0.25, 0.3) is 0 Å². The van der Waals surface area contributed by atoms with Gasteiger partial charge in [-0.15, -0.1) is 0 Å². The number of aliphatic hydroxyl groups excluding tert-OH is 1. The summed E-state index contributed by atoms with van der Waals surface area (Å²) in [6.07, 6.45) is 10.5. The highest BCUT2D eigenvalue weighted by molar-refractivity contribution is 5.83. The highest BCUT2D eigenvalue weighted by atomic mass is 16.5. The largest absolute Gasteiger partial charge is 0.502 e. The van der Waals surface area contributed by atoms with Crippen LogP contribution in [0.1, 0.15) is 85.0 Å². The second kappa shape index (κ2) is 7.70. The summed E-state index contributed by atoms with van der Waals surface area (Å²) in [5.74, 6) is 4.57. The van der Waals surface area contributed by atoms with Crippen LogP contribution in [0.2, 0.25) is 0 Å². The van der Waals surface area contributed by atoms with Crippen LogP contribution in [0.15, 0.2) is 12.3 Å².